The molecule has 1 heterocycles. The molecule has 21 heavy (non-hydrogen) atoms. The third-order valence-electron chi connectivity index (χ3n) is 2.70. The minimum absolute atomic E-state index is 0.0174. The summed E-state index contributed by atoms with van der Waals surface area (Å²) < 4.78 is 11.2. The van der Waals surface area contributed by atoms with E-state index in [0.717, 1.165) is 25.8 Å². The molecule has 0 aliphatic heterocycles. The van der Waals surface area contributed by atoms with E-state index in [2.05, 4.69) is 34.1 Å². The topological polar surface area (TPSA) is 69.2 Å². The summed E-state index contributed by atoms with van der Waals surface area (Å²) in [7, 11) is 0. The maximum absolute atomic E-state index is 5.61. The van der Waals surface area contributed by atoms with Gasteiger partial charge in [0.25, 0.3) is 0 Å². The summed E-state index contributed by atoms with van der Waals surface area (Å²) in [6, 6.07) is 0.637. The molecule has 0 spiro atoms. The Morgan fingerprint density at radius 3 is 2.38 bits per heavy atom. The first kappa shape index (κ1) is 17.5. The van der Waals surface area contributed by atoms with Crippen LogP contribution in [0.3, 0.4) is 0 Å². The van der Waals surface area contributed by atoms with Crippen LogP contribution in [0.2, 0.25) is 0 Å². The third kappa shape index (κ3) is 7.68. The van der Waals surface area contributed by atoms with Gasteiger partial charge in [-0.2, -0.15) is 9.97 Å². The highest BCUT2D eigenvalue weighted by molar-refractivity contribution is 5.27. The van der Waals surface area contributed by atoms with E-state index in [1.807, 2.05) is 13.8 Å². The van der Waals surface area contributed by atoms with Crippen LogP contribution in [0.1, 0.15) is 59.8 Å². The van der Waals surface area contributed by atoms with Gasteiger partial charge in [-0.05, 0) is 26.7 Å². The van der Waals surface area contributed by atoms with E-state index < -0.39 is 0 Å². The molecular formula is C15H28N4O2. The van der Waals surface area contributed by atoms with Gasteiger partial charge >= 0.3 is 12.0 Å². The monoisotopic (exact) mass is 296 g/mol. The van der Waals surface area contributed by atoms with E-state index in [4.69, 9.17) is 9.47 Å². The highest BCUT2D eigenvalue weighted by Crippen LogP contribution is 2.14. The van der Waals surface area contributed by atoms with Crippen molar-refractivity contribution in [2.45, 2.75) is 65.9 Å². The molecule has 0 aliphatic carbocycles. The fraction of sp³-hybridized carbons (Fsp3) is 0.800. The zero-order valence-corrected chi connectivity index (χ0v) is 13.7. The van der Waals surface area contributed by atoms with Gasteiger partial charge in [0.1, 0.15) is 0 Å². The Balaban J connectivity index is 2.62. The van der Waals surface area contributed by atoms with E-state index in [1.165, 1.54) is 12.8 Å². The Morgan fingerprint density at radius 1 is 0.952 bits per heavy atom. The fourth-order valence-electron chi connectivity index (χ4n) is 1.67. The van der Waals surface area contributed by atoms with E-state index in [9.17, 15) is 0 Å². The van der Waals surface area contributed by atoms with Gasteiger partial charge in [-0.3, -0.25) is 0 Å². The predicted octanol–water partition coefficient (Wildman–Crippen LogP) is 3.44. The zero-order chi connectivity index (χ0) is 15.5. The van der Waals surface area contributed by atoms with Gasteiger partial charge in [0, 0.05) is 6.54 Å². The average molecular weight is 296 g/mol. The molecule has 0 aliphatic rings. The highest BCUT2D eigenvalue weighted by Gasteiger charge is 2.09. The molecule has 6 nitrogen and oxygen atoms in total. The standard InChI is InChI=1S/C15H28N4O2/c1-5-7-8-9-11-20-14-17-13(16-10-6-2)18-15(19-14)21-12(3)4/h12H,5-11H2,1-4H3,(H,16,17,18,19). The molecule has 120 valence electrons. The molecule has 0 unspecified atom stereocenters. The number of anilines is 1. The van der Waals surface area contributed by atoms with Crippen LogP contribution in [-0.2, 0) is 0 Å². The van der Waals surface area contributed by atoms with Crippen molar-refractivity contribution in [1.82, 2.24) is 15.0 Å². The van der Waals surface area contributed by atoms with Crippen molar-refractivity contribution in [2.75, 3.05) is 18.5 Å². The molecule has 6 heteroatoms. The number of hydrogen-bond acceptors (Lipinski definition) is 6. The molecule has 1 aromatic heterocycles. The summed E-state index contributed by atoms with van der Waals surface area (Å²) in [5.41, 5.74) is 0. The Labute approximate surface area is 127 Å². The smallest absolute Gasteiger partial charge is 0.324 e. The Hall–Kier alpha value is -1.59. The lowest BCUT2D eigenvalue weighted by atomic mass is 10.2. The maximum Gasteiger partial charge on any atom is 0.324 e. The number of unbranched alkanes of at least 4 members (excludes halogenated alkanes) is 3. The molecule has 1 N–H and O–H groups in total. The normalized spacial score (nSPS) is 10.7. The van der Waals surface area contributed by atoms with Gasteiger partial charge in [0.15, 0.2) is 0 Å². The van der Waals surface area contributed by atoms with Crippen LogP contribution in [0.5, 0.6) is 12.0 Å². The second-order valence-corrected chi connectivity index (χ2v) is 5.23. The van der Waals surface area contributed by atoms with Crippen LogP contribution in [0.15, 0.2) is 0 Å². The molecule has 1 rings (SSSR count). The van der Waals surface area contributed by atoms with Gasteiger partial charge in [-0.1, -0.05) is 33.1 Å². The molecule has 0 bridgehead atoms. The highest BCUT2D eigenvalue weighted by atomic mass is 16.5. The van der Waals surface area contributed by atoms with Crippen LogP contribution in [0.25, 0.3) is 0 Å². The first-order valence-corrected chi connectivity index (χ1v) is 7.95. The van der Waals surface area contributed by atoms with Gasteiger partial charge in [0.2, 0.25) is 5.95 Å². The van der Waals surface area contributed by atoms with Crippen LogP contribution in [0.4, 0.5) is 5.95 Å². The SMILES string of the molecule is CCCCCCOc1nc(NCCC)nc(OC(C)C)n1. The quantitative estimate of drug-likeness (QED) is 0.631. The third-order valence-corrected chi connectivity index (χ3v) is 2.70. The van der Waals surface area contributed by atoms with Crippen molar-refractivity contribution in [3.05, 3.63) is 0 Å². The van der Waals surface area contributed by atoms with E-state index in [1.54, 1.807) is 0 Å². The molecule has 0 atom stereocenters. The van der Waals surface area contributed by atoms with Crippen LogP contribution < -0.4 is 14.8 Å². The summed E-state index contributed by atoms with van der Waals surface area (Å²) in [6.45, 7) is 9.58. The van der Waals surface area contributed by atoms with Crippen molar-refractivity contribution >= 4 is 5.95 Å². The minimum atomic E-state index is 0.0174. The maximum atomic E-state index is 5.61. The minimum Gasteiger partial charge on any atom is -0.463 e. The van der Waals surface area contributed by atoms with Crippen molar-refractivity contribution in [2.24, 2.45) is 0 Å². The van der Waals surface area contributed by atoms with E-state index in [-0.39, 0.29) is 6.10 Å². The van der Waals surface area contributed by atoms with Crippen molar-refractivity contribution < 1.29 is 9.47 Å². The second-order valence-electron chi connectivity index (χ2n) is 5.23. The van der Waals surface area contributed by atoms with Crippen LogP contribution in [-0.4, -0.2) is 34.2 Å². The van der Waals surface area contributed by atoms with E-state index >= 15 is 0 Å². The van der Waals surface area contributed by atoms with Crippen molar-refractivity contribution in [1.29, 1.82) is 0 Å². The molecule has 0 saturated heterocycles. The molecular weight excluding hydrogens is 268 g/mol. The van der Waals surface area contributed by atoms with Gasteiger partial charge in [0.05, 0.1) is 12.7 Å². The first-order valence-electron chi connectivity index (χ1n) is 7.95. The molecule has 0 radical (unpaired) electrons. The summed E-state index contributed by atoms with van der Waals surface area (Å²) >= 11 is 0. The predicted molar refractivity (Wildman–Crippen MR) is 84.0 cm³/mol. The molecule has 0 fully saturated rings. The molecule has 0 saturated carbocycles. The summed E-state index contributed by atoms with van der Waals surface area (Å²) in [5, 5.41) is 3.14. The number of rotatable bonds is 11. The van der Waals surface area contributed by atoms with Crippen molar-refractivity contribution in [3.8, 4) is 12.0 Å². The molecule has 0 aromatic carbocycles. The average Bonchev–Trinajstić information content (AvgIpc) is 2.44. The number of nitrogens with one attached hydrogen (secondary N) is 1. The van der Waals surface area contributed by atoms with Crippen LogP contribution >= 0.6 is 0 Å². The number of hydrogen-bond donors (Lipinski definition) is 1. The van der Waals surface area contributed by atoms with Gasteiger partial charge in [-0.15, -0.1) is 4.98 Å². The largest absolute Gasteiger partial charge is 0.463 e. The van der Waals surface area contributed by atoms with Crippen LogP contribution in [0, 0.1) is 0 Å². The summed E-state index contributed by atoms with van der Waals surface area (Å²) in [6.07, 6.45) is 5.63. The number of aromatic nitrogens is 3. The molecule has 0 amide bonds. The second kappa shape index (κ2) is 10.2. The van der Waals surface area contributed by atoms with Gasteiger partial charge < -0.3 is 14.8 Å². The number of nitrogens with zero attached hydrogens (tertiary/aromatic N) is 3. The number of ether oxygens (including phenoxy) is 2. The van der Waals surface area contributed by atoms with Crippen molar-refractivity contribution in [3.63, 3.8) is 0 Å². The summed E-state index contributed by atoms with van der Waals surface area (Å²) in [4.78, 5) is 12.7. The zero-order valence-electron chi connectivity index (χ0n) is 13.7. The van der Waals surface area contributed by atoms with E-state index in [0.29, 0.717) is 24.6 Å². The Bertz CT molecular complexity index is 399. The first-order chi connectivity index (χ1) is 10.2. The lowest BCUT2D eigenvalue weighted by Crippen LogP contribution is -2.13. The molecule has 1 aromatic rings. The Morgan fingerprint density at radius 2 is 1.71 bits per heavy atom. The van der Waals surface area contributed by atoms with Gasteiger partial charge in [-0.25, -0.2) is 0 Å². The lowest BCUT2D eigenvalue weighted by Gasteiger charge is -2.11. The lowest BCUT2D eigenvalue weighted by molar-refractivity contribution is 0.212. The fourth-order valence-corrected chi connectivity index (χ4v) is 1.67. The Kier molecular flexibility index (Phi) is 8.47. The summed E-state index contributed by atoms with van der Waals surface area (Å²) in [5.74, 6) is 0.506.